The van der Waals surface area contributed by atoms with Gasteiger partial charge in [-0.15, -0.1) is 0 Å². The number of hydrogen-bond donors (Lipinski definition) is 0. The van der Waals surface area contributed by atoms with E-state index in [-0.39, 0.29) is 12.2 Å². The monoisotopic (exact) mass is 399 g/mol. The molecule has 0 unspecified atom stereocenters. The maximum atomic E-state index is 11.3. The van der Waals surface area contributed by atoms with E-state index in [4.69, 9.17) is 9.47 Å². The Morgan fingerprint density at radius 3 is 2.34 bits per heavy atom. The molecular weight excluding hydrogens is 370 g/mol. The lowest BCUT2D eigenvalue weighted by Crippen LogP contribution is -2.12. The Hall–Kier alpha value is -3.09. The lowest BCUT2D eigenvalue weighted by atomic mass is 9.86. The molecular formula is C22H29N3O4. The zero-order valence-electron chi connectivity index (χ0n) is 18.1. The summed E-state index contributed by atoms with van der Waals surface area (Å²) in [5.41, 5.74) is 4.54. The lowest BCUT2D eigenvalue weighted by molar-refractivity contribution is 0.00354. The van der Waals surface area contributed by atoms with Crippen LogP contribution in [-0.2, 0) is 26.7 Å². The van der Waals surface area contributed by atoms with E-state index in [0.29, 0.717) is 5.76 Å². The Morgan fingerprint density at radius 2 is 1.86 bits per heavy atom. The number of hydrogen-bond acceptors (Lipinski definition) is 6. The Bertz CT molecular complexity index is 903. The van der Waals surface area contributed by atoms with Crippen LogP contribution in [0.15, 0.2) is 35.3 Å². The van der Waals surface area contributed by atoms with Crippen molar-refractivity contribution in [3.63, 3.8) is 0 Å². The Kier molecular flexibility index (Phi) is 7.20. The standard InChI is InChI=1S/C22H29N3O4/c1-15-12-19(25(6)24-15)20(28-14-29-21(26)27-7)18(13-23-5)16-8-10-17(11-9-16)22(2,3)4/h8-13H,14H2,1-7H3/b20-18-,23-13?. The third-order valence-corrected chi connectivity index (χ3v) is 4.35. The van der Waals surface area contributed by atoms with Gasteiger partial charge in [-0.05, 0) is 29.5 Å². The van der Waals surface area contributed by atoms with Gasteiger partial charge < -0.3 is 14.2 Å². The quantitative estimate of drug-likeness (QED) is 0.312. The molecule has 7 heteroatoms. The van der Waals surface area contributed by atoms with Crippen LogP contribution < -0.4 is 0 Å². The average molecular weight is 399 g/mol. The van der Waals surface area contributed by atoms with Crippen LogP contribution >= 0.6 is 0 Å². The summed E-state index contributed by atoms with van der Waals surface area (Å²) in [4.78, 5) is 15.5. The van der Waals surface area contributed by atoms with E-state index in [0.717, 1.165) is 22.5 Å². The third kappa shape index (κ3) is 5.70. The molecule has 0 amide bonds. The van der Waals surface area contributed by atoms with Crippen molar-refractivity contribution >= 4 is 23.7 Å². The van der Waals surface area contributed by atoms with Crippen molar-refractivity contribution in [1.82, 2.24) is 9.78 Å². The minimum atomic E-state index is -0.814. The van der Waals surface area contributed by atoms with Crippen LogP contribution in [0.1, 0.15) is 43.3 Å². The molecule has 0 aliphatic carbocycles. The van der Waals surface area contributed by atoms with Crippen molar-refractivity contribution in [2.75, 3.05) is 21.0 Å². The van der Waals surface area contributed by atoms with E-state index >= 15 is 0 Å². The number of carbonyl (C=O) groups excluding carboxylic acids is 1. The second kappa shape index (κ2) is 9.41. The molecule has 0 saturated carbocycles. The smallest absolute Gasteiger partial charge is 0.454 e. The summed E-state index contributed by atoms with van der Waals surface area (Å²) in [6.07, 6.45) is 0.910. The maximum Gasteiger partial charge on any atom is 0.510 e. The van der Waals surface area contributed by atoms with E-state index in [1.807, 2.05) is 32.2 Å². The van der Waals surface area contributed by atoms with Crippen LogP contribution in [0.5, 0.6) is 0 Å². The van der Waals surface area contributed by atoms with Gasteiger partial charge in [0, 0.05) is 25.9 Å². The molecule has 1 heterocycles. The number of rotatable bonds is 6. The summed E-state index contributed by atoms with van der Waals surface area (Å²) in [5, 5.41) is 4.40. The molecule has 0 atom stereocenters. The molecule has 0 fully saturated rings. The van der Waals surface area contributed by atoms with Crippen molar-refractivity contribution in [3.8, 4) is 0 Å². The highest BCUT2D eigenvalue weighted by Gasteiger charge is 2.19. The van der Waals surface area contributed by atoms with Gasteiger partial charge >= 0.3 is 6.16 Å². The summed E-state index contributed by atoms with van der Waals surface area (Å²) >= 11 is 0. The fourth-order valence-electron chi connectivity index (χ4n) is 2.85. The minimum Gasteiger partial charge on any atom is -0.454 e. The van der Waals surface area contributed by atoms with Crippen LogP contribution in [0.4, 0.5) is 4.79 Å². The summed E-state index contributed by atoms with van der Waals surface area (Å²) in [7, 11) is 4.77. The van der Waals surface area contributed by atoms with Crippen molar-refractivity contribution in [2.24, 2.45) is 12.0 Å². The van der Waals surface area contributed by atoms with E-state index < -0.39 is 6.16 Å². The summed E-state index contributed by atoms with van der Waals surface area (Å²) < 4.78 is 17.0. The second-order valence-corrected chi connectivity index (χ2v) is 7.61. The van der Waals surface area contributed by atoms with Crippen molar-refractivity contribution in [2.45, 2.75) is 33.1 Å². The predicted molar refractivity (Wildman–Crippen MR) is 114 cm³/mol. The zero-order chi connectivity index (χ0) is 21.6. The zero-order valence-corrected chi connectivity index (χ0v) is 18.1. The largest absolute Gasteiger partial charge is 0.510 e. The van der Waals surface area contributed by atoms with Crippen LogP contribution in [0, 0.1) is 6.92 Å². The topological polar surface area (TPSA) is 74.9 Å². The van der Waals surface area contributed by atoms with Gasteiger partial charge in [0.15, 0.2) is 5.76 Å². The van der Waals surface area contributed by atoms with Gasteiger partial charge in [-0.25, -0.2) is 4.79 Å². The molecule has 1 aromatic heterocycles. The van der Waals surface area contributed by atoms with Crippen LogP contribution in [0.3, 0.4) is 0 Å². The molecule has 0 aliphatic rings. The summed E-state index contributed by atoms with van der Waals surface area (Å²) in [6.45, 7) is 8.11. The molecule has 2 rings (SSSR count). The van der Waals surface area contributed by atoms with Crippen molar-refractivity contribution < 1.29 is 19.0 Å². The first-order chi connectivity index (χ1) is 13.7. The van der Waals surface area contributed by atoms with Gasteiger partial charge in [0.05, 0.1) is 12.8 Å². The molecule has 29 heavy (non-hydrogen) atoms. The number of aliphatic imine (C=N–C) groups is 1. The highest BCUT2D eigenvalue weighted by molar-refractivity contribution is 6.18. The molecule has 156 valence electrons. The van der Waals surface area contributed by atoms with Crippen LogP contribution in [0.2, 0.25) is 0 Å². The van der Waals surface area contributed by atoms with Crippen molar-refractivity contribution in [1.29, 1.82) is 0 Å². The van der Waals surface area contributed by atoms with E-state index in [1.54, 1.807) is 17.9 Å². The molecule has 0 N–H and O–H groups in total. The van der Waals surface area contributed by atoms with Gasteiger partial charge in [0.2, 0.25) is 6.79 Å². The first-order valence-electron chi connectivity index (χ1n) is 9.29. The predicted octanol–water partition coefficient (Wildman–Crippen LogP) is 4.35. The number of nitrogens with zero attached hydrogens (tertiary/aromatic N) is 3. The molecule has 0 saturated heterocycles. The number of ether oxygens (including phenoxy) is 3. The van der Waals surface area contributed by atoms with Crippen molar-refractivity contribution in [3.05, 3.63) is 52.8 Å². The van der Waals surface area contributed by atoms with Crippen LogP contribution in [0.25, 0.3) is 11.3 Å². The average Bonchev–Trinajstić information content (AvgIpc) is 3.01. The van der Waals surface area contributed by atoms with Gasteiger partial charge in [-0.1, -0.05) is 45.0 Å². The van der Waals surface area contributed by atoms with Crippen LogP contribution in [-0.4, -0.2) is 43.1 Å². The SMILES string of the molecule is CN=C/C(=C(/OCOC(=O)OC)c1cc(C)nn1C)c1ccc(C(C)(C)C)cc1. The van der Waals surface area contributed by atoms with E-state index in [9.17, 15) is 4.79 Å². The number of methoxy groups -OCH3 is 1. The fourth-order valence-corrected chi connectivity index (χ4v) is 2.85. The lowest BCUT2D eigenvalue weighted by Gasteiger charge is -2.20. The molecule has 0 radical (unpaired) electrons. The van der Waals surface area contributed by atoms with Gasteiger partial charge in [0.25, 0.3) is 0 Å². The molecule has 2 aromatic rings. The first kappa shape index (κ1) is 22.2. The Labute approximate surface area is 172 Å². The third-order valence-electron chi connectivity index (χ3n) is 4.35. The normalized spacial score (nSPS) is 12.7. The summed E-state index contributed by atoms with van der Waals surface area (Å²) in [6, 6.07) is 10.2. The second-order valence-electron chi connectivity index (χ2n) is 7.61. The van der Waals surface area contributed by atoms with E-state index in [2.05, 4.69) is 47.7 Å². The van der Waals surface area contributed by atoms with Gasteiger partial charge in [0.1, 0.15) is 5.69 Å². The first-order valence-corrected chi connectivity index (χ1v) is 9.29. The molecule has 0 spiro atoms. The fraction of sp³-hybridized carbons (Fsp3) is 0.409. The highest BCUT2D eigenvalue weighted by Crippen LogP contribution is 2.29. The number of aryl methyl sites for hydroxylation is 2. The Morgan fingerprint density at radius 1 is 1.21 bits per heavy atom. The van der Waals surface area contributed by atoms with E-state index in [1.165, 1.54) is 12.7 Å². The summed E-state index contributed by atoms with van der Waals surface area (Å²) in [5.74, 6) is 0.506. The number of benzene rings is 1. The number of carbonyl (C=O) groups is 1. The molecule has 0 aliphatic heterocycles. The molecule has 7 nitrogen and oxygen atoms in total. The van der Waals surface area contributed by atoms with Gasteiger partial charge in [-0.2, -0.15) is 5.10 Å². The Balaban J connectivity index is 2.55. The highest BCUT2D eigenvalue weighted by atomic mass is 16.8. The molecule has 1 aromatic carbocycles. The molecule has 0 bridgehead atoms. The maximum absolute atomic E-state index is 11.3. The van der Waals surface area contributed by atoms with Gasteiger partial charge in [-0.3, -0.25) is 9.67 Å². The minimum absolute atomic E-state index is 0.0497. The number of allylic oxidation sites excluding steroid dienone is 1. The number of aromatic nitrogens is 2.